The Kier molecular flexibility index (Phi) is 4.82. The summed E-state index contributed by atoms with van der Waals surface area (Å²) in [6, 6.07) is 12.3. The summed E-state index contributed by atoms with van der Waals surface area (Å²) in [6.45, 7) is 2.39. The summed E-state index contributed by atoms with van der Waals surface area (Å²) in [7, 11) is 0. The second kappa shape index (κ2) is 7.56. The topological polar surface area (TPSA) is 63.1 Å². The summed E-state index contributed by atoms with van der Waals surface area (Å²) in [5, 5.41) is 4.39. The largest absolute Gasteiger partial charge is 0.352 e. The van der Waals surface area contributed by atoms with Gasteiger partial charge >= 0.3 is 0 Å². The minimum absolute atomic E-state index is 0.101. The van der Waals surface area contributed by atoms with E-state index in [9.17, 15) is 4.79 Å². The van der Waals surface area contributed by atoms with Crippen LogP contribution in [0.4, 0.5) is 5.95 Å². The molecule has 0 aliphatic carbocycles. The van der Waals surface area contributed by atoms with Gasteiger partial charge in [-0.1, -0.05) is 18.2 Å². The lowest BCUT2D eigenvalue weighted by Gasteiger charge is -2.33. The van der Waals surface area contributed by atoms with Crippen LogP contribution >= 0.6 is 0 Å². The molecule has 0 saturated carbocycles. The SMILES string of the molecule is O=C(CCn1ccc2ccccc21)N[C@@H]1CCCN(c2ncccn2)C1. The number of carbonyl (C=O) groups excluding carboxylic acids is 1. The van der Waals surface area contributed by atoms with Crippen LogP contribution in [0.5, 0.6) is 0 Å². The van der Waals surface area contributed by atoms with Crippen LogP contribution < -0.4 is 10.2 Å². The average Bonchev–Trinajstić information content (AvgIpc) is 3.10. The number of anilines is 1. The predicted octanol–water partition coefficient (Wildman–Crippen LogP) is 2.61. The Morgan fingerprint density at radius 1 is 1.15 bits per heavy atom. The number of fused-ring (bicyclic) bond motifs is 1. The molecule has 4 rings (SSSR count). The summed E-state index contributed by atoms with van der Waals surface area (Å²) >= 11 is 0. The van der Waals surface area contributed by atoms with E-state index >= 15 is 0 Å². The van der Waals surface area contributed by atoms with Crippen molar-refractivity contribution in [1.29, 1.82) is 0 Å². The molecule has 0 spiro atoms. The molecule has 6 nitrogen and oxygen atoms in total. The Balaban J connectivity index is 1.32. The molecule has 1 saturated heterocycles. The van der Waals surface area contributed by atoms with Gasteiger partial charge in [0, 0.05) is 56.2 Å². The van der Waals surface area contributed by atoms with Crippen LogP contribution in [0.1, 0.15) is 19.3 Å². The first-order valence-corrected chi connectivity index (χ1v) is 9.15. The molecule has 3 aromatic rings. The molecule has 26 heavy (non-hydrogen) atoms. The van der Waals surface area contributed by atoms with Gasteiger partial charge in [0.1, 0.15) is 0 Å². The maximum atomic E-state index is 12.4. The van der Waals surface area contributed by atoms with Crippen LogP contribution in [0.25, 0.3) is 10.9 Å². The summed E-state index contributed by atoms with van der Waals surface area (Å²) in [5.41, 5.74) is 1.17. The van der Waals surface area contributed by atoms with Crippen molar-refractivity contribution in [3.05, 3.63) is 55.0 Å². The smallest absolute Gasteiger partial charge is 0.225 e. The van der Waals surface area contributed by atoms with E-state index < -0.39 is 0 Å². The molecule has 1 amide bonds. The summed E-state index contributed by atoms with van der Waals surface area (Å²) in [4.78, 5) is 23.2. The second-order valence-electron chi connectivity index (χ2n) is 6.72. The molecule has 2 aromatic heterocycles. The zero-order chi connectivity index (χ0) is 17.8. The van der Waals surface area contributed by atoms with Crippen LogP contribution in [-0.2, 0) is 11.3 Å². The van der Waals surface area contributed by atoms with E-state index in [1.54, 1.807) is 12.4 Å². The minimum atomic E-state index is 0.101. The number of amides is 1. The number of nitrogens with one attached hydrogen (secondary N) is 1. The van der Waals surface area contributed by atoms with Crippen molar-refractivity contribution in [1.82, 2.24) is 19.9 Å². The van der Waals surface area contributed by atoms with Gasteiger partial charge in [-0.05, 0) is 36.4 Å². The number of hydrogen-bond donors (Lipinski definition) is 1. The molecule has 1 aliphatic heterocycles. The lowest BCUT2D eigenvalue weighted by atomic mass is 10.1. The van der Waals surface area contributed by atoms with Gasteiger partial charge in [-0.25, -0.2) is 9.97 Å². The first-order valence-electron chi connectivity index (χ1n) is 9.15. The first-order chi connectivity index (χ1) is 12.8. The average molecular weight is 349 g/mol. The zero-order valence-electron chi connectivity index (χ0n) is 14.7. The number of carbonyl (C=O) groups is 1. The lowest BCUT2D eigenvalue weighted by molar-refractivity contribution is -0.122. The molecular formula is C20H23N5O. The molecule has 1 aliphatic rings. The van der Waals surface area contributed by atoms with Crippen LogP contribution in [0.15, 0.2) is 55.0 Å². The Morgan fingerprint density at radius 2 is 2.00 bits per heavy atom. The number of benzene rings is 1. The van der Waals surface area contributed by atoms with E-state index in [4.69, 9.17) is 0 Å². The molecule has 0 bridgehead atoms. The summed E-state index contributed by atoms with van der Waals surface area (Å²) in [6.07, 6.45) is 8.08. The standard InChI is InChI=1S/C20H23N5O/c26-19(9-14-24-13-8-16-5-1-2-7-18(16)24)23-17-6-3-12-25(15-17)20-21-10-4-11-22-20/h1-2,4-5,7-8,10-11,13,17H,3,6,9,12,14-15H2,(H,23,26)/t17-/m1/s1. The third kappa shape index (κ3) is 3.69. The van der Waals surface area contributed by atoms with E-state index in [0.29, 0.717) is 13.0 Å². The number of para-hydroxylation sites is 1. The van der Waals surface area contributed by atoms with Gasteiger partial charge in [0.15, 0.2) is 0 Å². The zero-order valence-corrected chi connectivity index (χ0v) is 14.7. The fourth-order valence-corrected chi connectivity index (χ4v) is 3.59. The van der Waals surface area contributed by atoms with Crippen molar-refractivity contribution in [3.8, 4) is 0 Å². The maximum Gasteiger partial charge on any atom is 0.225 e. The molecule has 1 aromatic carbocycles. The molecule has 0 radical (unpaired) electrons. The predicted molar refractivity (Wildman–Crippen MR) is 102 cm³/mol. The van der Waals surface area contributed by atoms with Crippen molar-refractivity contribution in [2.45, 2.75) is 31.8 Å². The normalized spacial score (nSPS) is 17.4. The van der Waals surface area contributed by atoms with E-state index in [0.717, 1.165) is 31.9 Å². The van der Waals surface area contributed by atoms with Crippen molar-refractivity contribution in [2.24, 2.45) is 0 Å². The highest BCUT2D eigenvalue weighted by Gasteiger charge is 2.22. The van der Waals surface area contributed by atoms with Crippen LogP contribution in [-0.4, -0.2) is 39.6 Å². The lowest BCUT2D eigenvalue weighted by Crippen LogP contribution is -2.48. The van der Waals surface area contributed by atoms with E-state index in [1.807, 2.05) is 24.4 Å². The van der Waals surface area contributed by atoms with Gasteiger partial charge in [0.25, 0.3) is 0 Å². The van der Waals surface area contributed by atoms with Crippen LogP contribution in [0.3, 0.4) is 0 Å². The fraction of sp³-hybridized carbons (Fsp3) is 0.350. The van der Waals surface area contributed by atoms with Gasteiger partial charge in [-0.2, -0.15) is 0 Å². The van der Waals surface area contributed by atoms with Crippen LogP contribution in [0, 0.1) is 0 Å². The highest BCUT2D eigenvalue weighted by Crippen LogP contribution is 2.17. The van der Waals surface area contributed by atoms with Crippen molar-refractivity contribution in [3.63, 3.8) is 0 Å². The second-order valence-corrected chi connectivity index (χ2v) is 6.72. The Morgan fingerprint density at radius 3 is 2.88 bits per heavy atom. The Bertz CT molecular complexity index is 876. The van der Waals surface area contributed by atoms with Gasteiger partial charge in [-0.15, -0.1) is 0 Å². The minimum Gasteiger partial charge on any atom is -0.352 e. The van der Waals surface area contributed by atoms with Gasteiger partial charge < -0.3 is 14.8 Å². The Hall–Kier alpha value is -2.89. The first kappa shape index (κ1) is 16.6. The molecule has 134 valence electrons. The number of aryl methyl sites for hydroxylation is 1. The third-order valence-corrected chi connectivity index (χ3v) is 4.88. The molecule has 1 fully saturated rings. The molecular weight excluding hydrogens is 326 g/mol. The quantitative estimate of drug-likeness (QED) is 0.769. The van der Waals surface area contributed by atoms with Crippen LogP contribution in [0.2, 0.25) is 0 Å². The number of hydrogen-bond acceptors (Lipinski definition) is 4. The number of aromatic nitrogens is 3. The molecule has 6 heteroatoms. The monoisotopic (exact) mass is 349 g/mol. The summed E-state index contributed by atoms with van der Waals surface area (Å²) < 4.78 is 2.14. The fourth-order valence-electron chi connectivity index (χ4n) is 3.59. The number of rotatable bonds is 5. The van der Waals surface area contributed by atoms with E-state index in [1.165, 1.54) is 10.9 Å². The summed E-state index contributed by atoms with van der Waals surface area (Å²) in [5.74, 6) is 0.842. The molecule has 0 unspecified atom stereocenters. The maximum absolute atomic E-state index is 12.4. The number of piperidine rings is 1. The Labute approximate surface area is 152 Å². The van der Waals surface area contributed by atoms with Gasteiger partial charge in [0.2, 0.25) is 11.9 Å². The molecule has 1 N–H and O–H groups in total. The third-order valence-electron chi connectivity index (χ3n) is 4.88. The van der Waals surface area contributed by atoms with Crippen molar-refractivity contribution >= 4 is 22.8 Å². The number of nitrogens with zero attached hydrogens (tertiary/aromatic N) is 4. The van der Waals surface area contributed by atoms with E-state index in [-0.39, 0.29) is 11.9 Å². The van der Waals surface area contributed by atoms with E-state index in [2.05, 4.69) is 43.0 Å². The highest BCUT2D eigenvalue weighted by atomic mass is 16.1. The molecule has 1 atom stereocenters. The highest BCUT2D eigenvalue weighted by molar-refractivity contribution is 5.80. The van der Waals surface area contributed by atoms with Crippen molar-refractivity contribution in [2.75, 3.05) is 18.0 Å². The molecule has 3 heterocycles. The van der Waals surface area contributed by atoms with Gasteiger partial charge in [-0.3, -0.25) is 4.79 Å². The van der Waals surface area contributed by atoms with Gasteiger partial charge in [0.05, 0.1) is 0 Å². The van der Waals surface area contributed by atoms with Crippen molar-refractivity contribution < 1.29 is 4.79 Å².